The summed E-state index contributed by atoms with van der Waals surface area (Å²) in [5.41, 5.74) is 1.41. The minimum absolute atomic E-state index is 0.140. The van der Waals surface area contributed by atoms with Gasteiger partial charge in [-0.05, 0) is 23.8 Å². The SMILES string of the molecule is O=C(N[C@H](c1ccccc1)c1ccccn1)c1ccc(=O)[nH]n1. The molecule has 2 N–H and O–H groups in total. The standard InChI is InChI=1S/C17H14N4O2/c22-15-10-9-14(20-21-15)17(23)19-16(12-6-2-1-3-7-12)13-8-4-5-11-18-13/h1-11,16H,(H,19,23)(H,21,22)/t16-/m1/s1. The van der Waals surface area contributed by atoms with E-state index >= 15 is 0 Å². The molecule has 1 amide bonds. The van der Waals surface area contributed by atoms with Crippen molar-refractivity contribution < 1.29 is 4.79 Å². The van der Waals surface area contributed by atoms with E-state index in [1.54, 1.807) is 6.20 Å². The number of carbonyl (C=O) groups excluding carboxylic acids is 1. The second-order valence-corrected chi connectivity index (χ2v) is 4.88. The third-order valence-corrected chi connectivity index (χ3v) is 3.30. The van der Waals surface area contributed by atoms with Crippen LogP contribution in [0.3, 0.4) is 0 Å². The Balaban J connectivity index is 1.92. The van der Waals surface area contributed by atoms with Gasteiger partial charge in [-0.1, -0.05) is 36.4 Å². The van der Waals surface area contributed by atoms with E-state index in [0.717, 1.165) is 11.3 Å². The largest absolute Gasteiger partial charge is 0.338 e. The Bertz CT molecular complexity index is 787. The molecule has 0 aliphatic heterocycles. The molecule has 0 fully saturated rings. The number of aromatic amines is 1. The molecule has 1 aromatic carbocycles. The molecular weight excluding hydrogens is 292 g/mol. The molecule has 0 aliphatic rings. The molecule has 2 heterocycles. The smallest absolute Gasteiger partial charge is 0.272 e. The van der Waals surface area contributed by atoms with Gasteiger partial charge >= 0.3 is 0 Å². The van der Waals surface area contributed by atoms with E-state index in [-0.39, 0.29) is 17.2 Å². The van der Waals surface area contributed by atoms with Crippen molar-refractivity contribution in [1.82, 2.24) is 20.5 Å². The number of pyridine rings is 1. The number of rotatable bonds is 4. The molecule has 6 nitrogen and oxygen atoms in total. The minimum atomic E-state index is -0.404. The molecule has 0 aliphatic carbocycles. The first-order valence-electron chi connectivity index (χ1n) is 7.06. The summed E-state index contributed by atoms with van der Waals surface area (Å²) in [7, 11) is 0. The van der Waals surface area contributed by atoms with Crippen LogP contribution < -0.4 is 10.9 Å². The van der Waals surface area contributed by atoms with Gasteiger partial charge in [0.1, 0.15) is 5.69 Å². The van der Waals surface area contributed by atoms with Crippen LogP contribution in [0.2, 0.25) is 0 Å². The monoisotopic (exact) mass is 306 g/mol. The minimum Gasteiger partial charge on any atom is -0.338 e. The van der Waals surface area contributed by atoms with Crippen LogP contribution in [0.4, 0.5) is 0 Å². The van der Waals surface area contributed by atoms with Gasteiger partial charge in [0.15, 0.2) is 0 Å². The van der Waals surface area contributed by atoms with Crippen LogP contribution in [0.1, 0.15) is 27.8 Å². The highest BCUT2D eigenvalue weighted by Crippen LogP contribution is 2.20. The Morgan fingerprint density at radius 2 is 1.78 bits per heavy atom. The zero-order valence-electron chi connectivity index (χ0n) is 12.1. The zero-order valence-corrected chi connectivity index (χ0v) is 12.1. The van der Waals surface area contributed by atoms with E-state index in [0.29, 0.717) is 0 Å². The van der Waals surface area contributed by atoms with Crippen LogP contribution in [0.5, 0.6) is 0 Å². The molecule has 0 bridgehead atoms. The third kappa shape index (κ3) is 3.49. The van der Waals surface area contributed by atoms with Crippen molar-refractivity contribution in [2.75, 3.05) is 0 Å². The number of hydrogen-bond donors (Lipinski definition) is 2. The lowest BCUT2D eigenvalue weighted by atomic mass is 10.0. The number of carbonyl (C=O) groups is 1. The van der Waals surface area contributed by atoms with Crippen molar-refractivity contribution in [2.45, 2.75) is 6.04 Å². The fourth-order valence-corrected chi connectivity index (χ4v) is 2.20. The maximum absolute atomic E-state index is 12.4. The molecule has 114 valence electrons. The maximum Gasteiger partial charge on any atom is 0.272 e. The van der Waals surface area contributed by atoms with Gasteiger partial charge in [0.05, 0.1) is 11.7 Å². The second kappa shape index (κ2) is 6.65. The Kier molecular flexibility index (Phi) is 4.24. The third-order valence-electron chi connectivity index (χ3n) is 3.30. The Labute approximate surface area is 132 Å². The average Bonchev–Trinajstić information content (AvgIpc) is 2.61. The molecule has 0 unspecified atom stereocenters. The topological polar surface area (TPSA) is 87.7 Å². The number of H-pyrrole nitrogens is 1. The summed E-state index contributed by atoms with van der Waals surface area (Å²) in [6.45, 7) is 0. The van der Waals surface area contributed by atoms with Crippen molar-refractivity contribution in [1.29, 1.82) is 0 Å². The van der Waals surface area contributed by atoms with Gasteiger partial charge in [0.25, 0.3) is 11.5 Å². The normalized spacial score (nSPS) is 11.7. The number of hydrogen-bond acceptors (Lipinski definition) is 4. The Hall–Kier alpha value is -3.28. The summed E-state index contributed by atoms with van der Waals surface area (Å²) < 4.78 is 0. The predicted molar refractivity (Wildman–Crippen MR) is 84.8 cm³/mol. The fraction of sp³-hybridized carbons (Fsp3) is 0.0588. The quantitative estimate of drug-likeness (QED) is 0.767. The second-order valence-electron chi connectivity index (χ2n) is 4.88. The van der Waals surface area contributed by atoms with Crippen molar-refractivity contribution in [3.63, 3.8) is 0 Å². The number of amides is 1. The molecule has 3 rings (SSSR count). The first-order valence-corrected chi connectivity index (χ1v) is 7.06. The van der Waals surface area contributed by atoms with E-state index in [1.807, 2.05) is 48.5 Å². The van der Waals surface area contributed by atoms with Gasteiger partial charge in [0, 0.05) is 12.3 Å². The first kappa shape index (κ1) is 14.6. The molecule has 2 aromatic heterocycles. The van der Waals surface area contributed by atoms with Crippen molar-refractivity contribution in [3.8, 4) is 0 Å². The fourth-order valence-electron chi connectivity index (χ4n) is 2.20. The van der Waals surface area contributed by atoms with Crippen LogP contribution >= 0.6 is 0 Å². The van der Waals surface area contributed by atoms with Crippen LogP contribution in [-0.4, -0.2) is 21.1 Å². The molecular formula is C17H14N4O2. The Morgan fingerprint density at radius 1 is 1.00 bits per heavy atom. The van der Waals surface area contributed by atoms with Crippen molar-refractivity contribution >= 4 is 5.91 Å². The Morgan fingerprint density at radius 3 is 2.43 bits per heavy atom. The van der Waals surface area contributed by atoms with E-state index in [1.165, 1.54) is 12.1 Å². The van der Waals surface area contributed by atoms with E-state index in [4.69, 9.17) is 0 Å². The maximum atomic E-state index is 12.4. The number of benzene rings is 1. The molecule has 0 saturated carbocycles. The highest BCUT2D eigenvalue weighted by molar-refractivity contribution is 5.92. The zero-order chi connectivity index (χ0) is 16.1. The summed E-state index contributed by atoms with van der Waals surface area (Å²) in [4.78, 5) is 27.8. The predicted octanol–water partition coefficient (Wildman–Crippen LogP) is 1.68. The van der Waals surface area contributed by atoms with Crippen LogP contribution in [0.25, 0.3) is 0 Å². The highest BCUT2D eigenvalue weighted by Gasteiger charge is 2.19. The lowest BCUT2D eigenvalue weighted by Gasteiger charge is -2.18. The van der Waals surface area contributed by atoms with Gasteiger partial charge in [0.2, 0.25) is 0 Å². The van der Waals surface area contributed by atoms with Gasteiger partial charge in [-0.15, -0.1) is 0 Å². The van der Waals surface area contributed by atoms with Crippen LogP contribution in [-0.2, 0) is 0 Å². The highest BCUT2D eigenvalue weighted by atomic mass is 16.2. The van der Waals surface area contributed by atoms with Crippen molar-refractivity contribution in [2.24, 2.45) is 0 Å². The number of aromatic nitrogens is 3. The molecule has 23 heavy (non-hydrogen) atoms. The van der Waals surface area contributed by atoms with Gasteiger partial charge < -0.3 is 5.32 Å². The van der Waals surface area contributed by atoms with Gasteiger partial charge in [-0.25, -0.2) is 5.10 Å². The average molecular weight is 306 g/mol. The lowest BCUT2D eigenvalue weighted by molar-refractivity contribution is 0.0936. The summed E-state index contributed by atoms with van der Waals surface area (Å²) in [6.07, 6.45) is 1.68. The van der Waals surface area contributed by atoms with Crippen LogP contribution in [0.15, 0.2) is 71.7 Å². The van der Waals surface area contributed by atoms with Crippen molar-refractivity contribution in [3.05, 3.63) is 94.2 Å². The molecule has 3 aromatic rings. The summed E-state index contributed by atoms with van der Waals surface area (Å²) in [6, 6.07) is 17.3. The van der Waals surface area contributed by atoms with Gasteiger partial charge in [-0.2, -0.15) is 5.10 Å². The van der Waals surface area contributed by atoms with E-state index in [2.05, 4.69) is 20.5 Å². The van der Waals surface area contributed by atoms with E-state index < -0.39 is 6.04 Å². The lowest BCUT2D eigenvalue weighted by Crippen LogP contribution is -2.31. The summed E-state index contributed by atoms with van der Waals surface area (Å²) in [5, 5.41) is 8.90. The number of nitrogens with one attached hydrogen (secondary N) is 2. The molecule has 0 saturated heterocycles. The molecule has 1 atom stereocenters. The summed E-state index contributed by atoms with van der Waals surface area (Å²) >= 11 is 0. The molecule has 6 heteroatoms. The van der Waals surface area contributed by atoms with Crippen LogP contribution in [0, 0.1) is 0 Å². The first-order chi connectivity index (χ1) is 11.2. The number of nitrogens with zero attached hydrogens (tertiary/aromatic N) is 2. The molecule has 0 spiro atoms. The van der Waals surface area contributed by atoms with Gasteiger partial charge in [-0.3, -0.25) is 14.6 Å². The summed E-state index contributed by atoms with van der Waals surface area (Å²) in [5.74, 6) is -0.388. The van der Waals surface area contributed by atoms with E-state index in [9.17, 15) is 9.59 Å². The molecule has 0 radical (unpaired) electrons.